The Hall–Kier alpha value is -2.93. The second-order valence-corrected chi connectivity index (χ2v) is 6.28. The molecule has 3 N–H and O–H groups in total. The first-order valence-corrected chi connectivity index (χ1v) is 7.77. The van der Waals surface area contributed by atoms with E-state index in [1.165, 1.54) is 6.20 Å². The van der Waals surface area contributed by atoms with Gasteiger partial charge in [0, 0.05) is 17.9 Å². The van der Waals surface area contributed by atoms with Gasteiger partial charge in [-0.3, -0.25) is 14.6 Å². The van der Waals surface area contributed by atoms with Crippen LogP contribution in [0.4, 0.5) is 4.79 Å². The van der Waals surface area contributed by atoms with E-state index in [9.17, 15) is 9.59 Å². The minimum atomic E-state index is -1.10. The van der Waals surface area contributed by atoms with E-state index in [0.29, 0.717) is 12.0 Å². The van der Waals surface area contributed by atoms with E-state index in [0.717, 1.165) is 11.1 Å². The molecule has 2 aromatic rings. The standard InChI is InChI=1S/C18H21N3O4/c1-18(2,20-17(23)24)9-14-8-15(11-19-10-14)16(22)21-25-12-13-6-4-3-5-7-13/h3-8,10-11,20H,9,12H2,1-2H3,(H,21,22)(H,23,24). The van der Waals surface area contributed by atoms with Crippen LogP contribution < -0.4 is 10.8 Å². The number of hydrogen-bond acceptors (Lipinski definition) is 4. The van der Waals surface area contributed by atoms with Gasteiger partial charge in [-0.25, -0.2) is 10.3 Å². The fourth-order valence-electron chi connectivity index (χ4n) is 2.37. The first-order chi connectivity index (χ1) is 11.9. The van der Waals surface area contributed by atoms with Gasteiger partial charge < -0.3 is 10.4 Å². The molecule has 1 heterocycles. The summed E-state index contributed by atoms with van der Waals surface area (Å²) in [6.07, 6.45) is 2.34. The SMILES string of the molecule is CC(C)(Cc1cncc(C(=O)NOCc2ccccc2)c1)NC(=O)O. The summed E-state index contributed by atoms with van der Waals surface area (Å²) in [5.41, 5.74) is 3.74. The Morgan fingerprint density at radius 3 is 2.56 bits per heavy atom. The molecule has 1 aromatic heterocycles. The second-order valence-electron chi connectivity index (χ2n) is 6.28. The number of pyridine rings is 1. The summed E-state index contributed by atoms with van der Waals surface area (Å²) in [4.78, 5) is 32.2. The Balaban J connectivity index is 1.93. The van der Waals surface area contributed by atoms with E-state index < -0.39 is 17.5 Å². The molecular weight excluding hydrogens is 322 g/mol. The Morgan fingerprint density at radius 1 is 1.16 bits per heavy atom. The van der Waals surface area contributed by atoms with Gasteiger partial charge >= 0.3 is 6.09 Å². The maximum atomic E-state index is 12.1. The van der Waals surface area contributed by atoms with Gasteiger partial charge in [0.15, 0.2) is 0 Å². The summed E-state index contributed by atoms with van der Waals surface area (Å²) in [5.74, 6) is -0.408. The highest BCUT2D eigenvalue weighted by molar-refractivity contribution is 5.93. The fraction of sp³-hybridized carbons (Fsp3) is 0.278. The first-order valence-electron chi connectivity index (χ1n) is 7.77. The third kappa shape index (κ3) is 6.23. The number of benzene rings is 1. The number of amides is 2. The normalized spacial score (nSPS) is 11.0. The number of nitrogens with one attached hydrogen (secondary N) is 2. The molecule has 0 unspecified atom stereocenters. The maximum Gasteiger partial charge on any atom is 0.405 e. The van der Waals surface area contributed by atoms with Gasteiger partial charge in [0.25, 0.3) is 5.91 Å². The van der Waals surface area contributed by atoms with Crippen molar-refractivity contribution in [1.82, 2.24) is 15.8 Å². The van der Waals surface area contributed by atoms with Crippen LogP contribution in [-0.2, 0) is 17.9 Å². The zero-order chi connectivity index (χ0) is 18.3. The van der Waals surface area contributed by atoms with Crippen molar-refractivity contribution in [2.75, 3.05) is 0 Å². The summed E-state index contributed by atoms with van der Waals surface area (Å²) >= 11 is 0. The van der Waals surface area contributed by atoms with Gasteiger partial charge in [-0.15, -0.1) is 0 Å². The van der Waals surface area contributed by atoms with E-state index in [1.54, 1.807) is 26.1 Å². The number of hydroxylamine groups is 1. The lowest BCUT2D eigenvalue weighted by molar-refractivity contribution is 0.0233. The quantitative estimate of drug-likeness (QED) is 0.671. The summed E-state index contributed by atoms with van der Waals surface area (Å²) in [5, 5.41) is 11.3. The summed E-state index contributed by atoms with van der Waals surface area (Å²) in [6.45, 7) is 3.78. The molecule has 132 valence electrons. The number of carboxylic acid groups (broad SMARTS) is 1. The Kier molecular flexibility index (Phi) is 6.08. The molecule has 0 aliphatic heterocycles. The minimum Gasteiger partial charge on any atom is -0.465 e. The first kappa shape index (κ1) is 18.4. The average molecular weight is 343 g/mol. The molecule has 0 saturated heterocycles. The molecule has 0 fully saturated rings. The Bertz CT molecular complexity index is 732. The largest absolute Gasteiger partial charge is 0.465 e. The van der Waals surface area contributed by atoms with Crippen LogP contribution in [0.1, 0.15) is 35.3 Å². The van der Waals surface area contributed by atoms with Crippen molar-refractivity contribution in [3.05, 3.63) is 65.5 Å². The predicted octanol–water partition coefficient (Wildman–Crippen LogP) is 2.53. The monoisotopic (exact) mass is 343 g/mol. The molecule has 0 bridgehead atoms. The third-order valence-corrected chi connectivity index (χ3v) is 3.39. The lowest BCUT2D eigenvalue weighted by Crippen LogP contribution is -2.44. The molecule has 0 atom stereocenters. The van der Waals surface area contributed by atoms with Crippen LogP contribution in [0.2, 0.25) is 0 Å². The molecule has 1 aromatic carbocycles. The smallest absolute Gasteiger partial charge is 0.405 e. The number of rotatable bonds is 7. The van der Waals surface area contributed by atoms with Crippen molar-refractivity contribution in [2.24, 2.45) is 0 Å². The zero-order valence-electron chi connectivity index (χ0n) is 14.2. The molecule has 0 aliphatic carbocycles. The van der Waals surface area contributed by atoms with Crippen LogP contribution in [0.3, 0.4) is 0 Å². The van der Waals surface area contributed by atoms with Gasteiger partial charge in [0.05, 0.1) is 12.2 Å². The number of nitrogens with zero attached hydrogens (tertiary/aromatic N) is 1. The molecular formula is C18H21N3O4. The summed E-state index contributed by atoms with van der Waals surface area (Å²) in [7, 11) is 0. The summed E-state index contributed by atoms with van der Waals surface area (Å²) < 4.78 is 0. The van der Waals surface area contributed by atoms with Crippen molar-refractivity contribution >= 4 is 12.0 Å². The van der Waals surface area contributed by atoms with Crippen LogP contribution in [0.15, 0.2) is 48.8 Å². The molecule has 0 aliphatic rings. The number of hydrogen-bond donors (Lipinski definition) is 3. The topological polar surface area (TPSA) is 101 Å². The number of carbonyl (C=O) groups is 2. The van der Waals surface area contributed by atoms with Crippen LogP contribution in [0.25, 0.3) is 0 Å². The van der Waals surface area contributed by atoms with E-state index in [1.807, 2.05) is 30.3 Å². The molecule has 2 rings (SSSR count). The second kappa shape index (κ2) is 8.25. The van der Waals surface area contributed by atoms with E-state index in [-0.39, 0.29) is 6.61 Å². The lowest BCUT2D eigenvalue weighted by Gasteiger charge is -2.24. The lowest BCUT2D eigenvalue weighted by atomic mass is 9.95. The third-order valence-electron chi connectivity index (χ3n) is 3.39. The van der Waals surface area contributed by atoms with Gasteiger partial charge in [-0.1, -0.05) is 30.3 Å². The fourth-order valence-corrected chi connectivity index (χ4v) is 2.37. The molecule has 0 saturated carbocycles. The summed E-state index contributed by atoms with van der Waals surface area (Å²) in [6, 6.07) is 11.1. The van der Waals surface area contributed by atoms with Crippen LogP contribution in [-0.4, -0.2) is 27.6 Å². The minimum absolute atomic E-state index is 0.259. The van der Waals surface area contributed by atoms with Crippen molar-refractivity contribution in [2.45, 2.75) is 32.4 Å². The van der Waals surface area contributed by atoms with Crippen LogP contribution >= 0.6 is 0 Å². The molecule has 7 heteroatoms. The highest BCUT2D eigenvalue weighted by Gasteiger charge is 2.21. The maximum absolute atomic E-state index is 12.1. The van der Waals surface area contributed by atoms with E-state index >= 15 is 0 Å². The van der Waals surface area contributed by atoms with Crippen molar-refractivity contribution in [3.8, 4) is 0 Å². The zero-order valence-corrected chi connectivity index (χ0v) is 14.2. The molecule has 7 nitrogen and oxygen atoms in total. The van der Waals surface area contributed by atoms with Gasteiger partial charge in [-0.05, 0) is 37.5 Å². The van der Waals surface area contributed by atoms with Gasteiger partial charge in [-0.2, -0.15) is 0 Å². The molecule has 2 amide bonds. The molecule has 25 heavy (non-hydrogen) atoms. The van der Waals surface area contributed by atoms with E-state index in [4.69, 9.17) is 9.94 Å². The number of carbonyl (C=O) groups excluding carboxylic acids is 1. The van der Waals surface area contributed by atoms with Crippen molar-refractivity contribution in [1.29, 1.82) is 0 Å². The van der Waals surface area contributed by atoms with Crippen molar-refractivity contribution in [3.63, 3.8) is 0 Å². The Labute approximate surface area is 146 Å². The van der Waals surface area contributed by atoms with Gasteiger partial charge in [0.2, 0.25) is 0 Å². The Morgan fingerprint density at radius 2 is 1.88 bits per heavy atom. The average Bonchev–Trinajstić information content (AvgIpc) is 2.54. The predicted molar refractivity (Wildman–Crippen MR) is 91.9 cm³/mol. The van der Waals surface area contributed by atoms with Crippen LogP contribution in [0.5, 0.6) is 0 Å². The highest BCUT2D eigenvalue weighted by Crippen LogP contribution is 2.13. The van der Waals surface area contributed by atoms with Gasteiger partial charge in [0.1, 0.15) is 0 Å². The molecule has 0 radical (unpaired) electrons. The van der Waals surface area contributed by atoms with Crippen LogP contribution in [0, 0.1) is 0 Å². The van der Waals surface area contributed by atoms with E-state index in [2.05, 4.69) is 15.8 Å². The highest BCUT2D eigenvalue weighted by atomic mass is 16.6. The van der Waals surface area contributed by atoms with Crippen molar-refractivity contribution < 1.29 is 19.5 Å². The molecule has 0 spiro atoms. The number of aromatic nitrogens is 1.